The summed E-state index contributed by atoms with van der Waals surface area (Å²) in [6.45, 7) is 4.31. The fourth-order valence-electron chi connectivity index (χ4n) is 3.76. The number of thioether (sulfide) groups is 1. The minimum absolute atomic E-state index is 0.131. The van der Waals surface area contributed by atoms with Gasteiger partial charge in [0, 0.05) is 23.1 Å². The van der Waals surface area contributed by atoms with Gasteiger partial charge in [-0.2, -0.15) is 0 Å². The van der Waals surface area contributed by atoms with Crippen molar-refractivity contribution in [3.63, 3.8) is 0 Å². The van der Waals surface area contributed by atoms with Gasteiger partial charge in [-0.15, -0.1) is 0 Å². The van der Waals surface area contributed by atoms with Crippen molar-refractivity contribution in [3.8, 4) is 17.2 Å². The van der Waals surface area contributed by atoms with E-state index in [1.54, 1.807) is 17.0 Å². The molecule has 0 spiro atoms. The SMILES string of the molecule is Cc1cc(/C=C2/SC(=S)N(c3ccc4c(c3)OCO4)C2=O)c(C)n1-c1ccccc1. The number of amides is 1. The Balaban J connectivity index is 1.49. The molecule has 7 heteroatoms. The molecule has 0 unspecified atom stereocenters. The monoisotopic (exact) mass is 434 g/mol. The molecule has 30 heavy (non-hydrogen) atoms. The van der Waals surface area contributed by atoms with Crippen LogP contribution in [0.5, 0.6) is 11.5 Å². The van der Waals surface area contributed by atoms with E-state index in [2.05, 4.69) is 36.6 Å². The van der Waals surface area contributed by atoms with Crippen molar-refractivity contribution < 1.29 is 14.3 Å². The Morgan fingerprint density at radius 3 is 2.57 bits per heavy atom. The minimum Gasteiger partial charge on any atom is -0.454 e. The maximum absolute atomic E-state index is 13.2. The van der Waals surface area contributed by atoms with E-state index in [0.717, 1.165) is 22.6 Å². The molecule has 3 heterocycles. The number of aromatic nitrogens is 1. The van der Waals surface area contributed by atoms with Gasteiger partial charge in [-0.25, -0.2) is 0 Å². The number of benzene rings is 2. The molecule has 1 saturated heterocycles. The number of aryl methyl sites for hydroxylation is 1. The molecule has 1 fully saturated rings. The molecule has 0 saturated carbocycles. The zero-order chi connectivity index (χ0) is 20.8. The molecule has 0 aliphatic carbocycles. The van der Waals surface area contributed by atoms with Gasteiger partial charge in [-0.3, -0.25) is 9.69 Å². The quantitative estimate of drug-likeness (QED) is 0.417. The first kappa shape index (κ1) is 19.0. The Labute approximate surface area is 183 Å². The van der Waals surface area contributed by atoms with Gasteiger partial charge in [-0.1, -0.05) is 42.2 Å². The summed E-state index contributed by atoms with van der Waals surface area (Å²) >= 11 is 6.82. The predicted molar refractivity (Wildman–Crippen MR) is 123 cm³/mol. The van der Waals surface area contributed by atoms with Crippen molar-refractivity contribution in [3.05, 3.63) is 76.5 Å². The maximum atomic E-state index is 13.2. The molecule has 3 aromatic rings. The number of carbonyl (C=O) groups excluding carboxylic acids is 1. The molecule has 1 amide bonds. The number of hydrogen-bond donors (Lipinski definition) is 0. The van der Waals surface area contributed by atoms with Crippen molar-refractivity contribution >= 4 is 46.0 Å². The lowest BCUT2D eigenvalue weighted by molar-refractivity contribution is -0.113. The number of anilines is 1. The summed E-state index contributed by atoms with van der Waals surface area (Å²) in [5.74, 6) is 1.17. The molecule has 2 aliphatic rings. The van der Waals surface area contributed by atoms with E-state index >= 15 is 0 Å². The van der Waals surface area contributed by atoms with E-state index in [-0.39, 0.29) is 12.7 Å². The van der Waals surface area contributed by atoms with Crippen molar-refractivity contribution in [2.75, 3.05) is 11.7 Å². The number of nitrogens with zero attached hydrogens (tertiary/aromatic N) is 2. The molecule has 5 nitrogen and oxygen atoms in total. The zero-order valence-electron chi connectivity index (χ0n) is 16.4. The van der Waals surface area contributed by atoms with E-state index in [0.29, 0.717) is 26.4 Å². The standard InChI is InChI=1S/C23H18N2O3S2/c1-14-10-16(15(2)24(14)17-6-4-3-5-7-17)11-21-22(26)25(23(29)30-21)18-8-9-19-20(12-18)28-13-27-19/h3-12H,13H2,1-2H3/b21-11+. The third kappa shape index (κ3) is 3.11. The summed E-state index contributed by atoms with van der Waals surface area (Å²) in [6.07, 6.45) is 1.92. The van der Waals surface area contributed by atoms with E-state index < -0.39 is 0 Å². The molecule has 0 radical (unpaired) electrons. The molecule has 1 aromatic heterocycles. The van der Waals surface area contributed by atoms with E-state index in [1.807, 2.05) is 30.3 Å². The summed E-state index contributed by atoms with van der Waals surface area (Å²) < 4.78 is 13.5. The second-order valence-electron chi connectivity index (χ2n) is 7.05. The minimum atomic E-state index is -0.131. The van der Waals surface area contributed by atoms with E-state index in [9.17, 15) is 4.79 Å². The van der Waals surface area contributed by atoms with E-state index in [4.69, 9.17) is 21.7 Å². The third-order valence-corrected chi connectivity index (χ3v) is 6.48. The number of thiocarbonyl (C=S) groups is 1. The summed E-state index contributed by atoms with van der Waals surface area (Å²) in [4.78, 5) is 15.3. The number of rotatable bonds is 3. The van der Waals surface area contributed by atoms with Crippen LogP contribution in [0.25, 0.3) is 11.8 Å². The number of hydrogen-bond acceptors (Lipinski definition) is 5. The third-order valence-electron chi connectivity index (χ3n) is 5.18. The van der Waals surface area contributed by atoms with E-state index in [1.165, 1.54) is 11.8 Å². The second-order valence-corrected chi connectivity index (χ2v) is 8.73. The molecule has 2 aliphatic heterocycles. The normalized spacial score (nSPS) is 16.7. The van der Waals surface area contributed by atoms with Crippen molar-refractivity contribution in [1.82, 2.24) is 4.57 Å². The van der Waals surface area contributed by atoms with Crippen LogP contribution < -0.4 is 14.4 Å². The van der Waals surface area contributed by atoms with Gasteiger partial charge >= 0.3 is 0 Å². The average molecular weight is 435 g/mol. The fraction of sp³-hybridized carbons (Fsp3) is 0.130. The van der Waals surface area contributed by atoms with Gasteiger partial charge in [0.05, 0.1) is 10.6 Å². The predicted octanol–water partition coefficient (Wildman–Crippen LogP) is 5.23. The van der Waals surface area contributed by atoms with Crippen LogP contribution in [-0.2, 0) is 4.79 Å². The van der Waals surface area contributed by atoms with Crippen LogP contribution in [0, 0.1) is 13.8 Å². The van der Waals surface area contributed by atoms with Crippen molar-refractivity contribution in [2.24, 2.45) is 0 Å². The number of ether oxygens (including phenoxy) is 2. The fourth-order valence-corrected chi connectivity index (χ4v) is 5.05. The lowest BCUT2D eigenvalue weighted by Crippen LogP contribution is -2.27. The van der Waals surface area contributed by atoms with Gasteiger partial charge < -0.3 is 14.0 Å². The highest BCUT2D eigenvalue weighted by Crippen LogP contribution is 2.41. The molecule has 0 atom stereocenters. The Bertz CT molecular complexity index is 1210. The highest BCUT2D eigenvalue weighted by molar-refractivity contribution is 8.27. The molecule has 0 bridgehead atoms. The average Bonchev–Trinajstić information content (AvgIpc) is 3.39. The van der Waals surface area contributed by atoms with Crippen LogP contribution in [0.4, 0.5) is 5.69 Å². The van der Waals surface area contributed by atoms with Crippen molar-refractivity contribution in [1.29, 1.82) is 0 Å². The van der Waals surface area contributed by atoms with Crippen LogP contribution in [0.2, 0.25) is 0 Å². The molecule has 2 aromatic carbocycles. The molecule has 150 valence electrons. The Morgan fingerprint density at radius 2 is 1.77 bits per heavy atom. The largest absolute Gasteiger partial charge is 0.454 e. The van der Waals surface area contributed by atoms with Crippen LogP contribution in [0.15, 0.2) is 59.5 Å². The lowest BCUT2D eigenvalue weighted by atomic mass is 10.2. The van der Waals surface area contributed by atoms with Crippen LogP contribution in [0.3, 0.4) is 0 Å². The van der Waals surface area contributed by atoms with Crippen LogP contribution >= 0.6 is 24.0 Å². The highest BCUT2D eigenvalue weighted by atomic mass is 32.2. The number of fused-ring (bicyclic) bond motifs is 1. The van der Waals surface area contributed by atoms with Gasteiger partial charge in [0.1, 0.15) is 0 Å². The smallest absolute Gasteiger partial charge is 0.270 e. The Morgan fingerprint density at radius 1 is 1.00 bits per heavy atom. The van der Waals surface area contributed by atoms with Crippen molar-refractivity contribution in [2.45, 2.75) is 13.8 Å². The van der Waals surface area contributed by atoms with Crippen LogP contribution in [0.1, 0.15) is 17.0 Å². The summed E-state index contributed by atoms with van der Waals surface area (Å²) in [5, 5.41) is 0. The molecular formula is C23H18N2O3S2. The number of para-hydroxylation sites is 1. The molecule has 0 N–H and O–H groups in total. The maximum Gasteiger partial charge on any atom is 0.270 e. The Hall–Kier alpha value is -3.03. The van der Waals surface area contributed by atoms with Crippen LogP contribution in [-0.4, -0.2) is 21.6 Å². The first-order chi connectivity index (χ1) is 14.5. The zero-order valence-corrected chi connectivity index (χ0v) is 18.0. The van der Waals surface area contributed by atoms with Gasteiger partial charge in [0.25, 0.3) is 5.91 Å². The highest BCUT2D eigenvalue weighted by Gasteiger charge is 2.34. The number of carbonyl (C=O) groups is 1. The first-order valence-corrected chi connectivity index (χ1v) is 10.7. The van der Waals surface area contributed by atoms with Gasteiger partial charge in [-0.05, 0) is 55.8 Å². The van der Waals surface area contributed by atoms with Gasteiger partial charge in [0.15, 0.2) is 15.8 Å². The topological polar surface area (TPSA) is 43.7 Å². The summed E-state index contributed by atoms with van der Waals surface area (Å²) in [5.41, 5.74) is 4.96. The first-order valence-electron chi connectivity index (χ1n) is 9.45. The van der Waals surface area contributed by atoms with Gasteiger partial charge in [0.2, 0.25) is 6.79 Å². The molecular weight excluding hydrogens is 416 g/mol. The summed E-state index contributed by atoms with van der Waals surface area (Å²) in [7, 11) is 0. The molecule has 5 rings (SSSR count). The Kier molecular flexibility index (Phi) is 4.64. The second kappa shape index (κ2) is 7.34. The lowest BCUT2D eigenvalue weighted by Gasteiger charge is -2.14. The summed E-state index contributed by atoms with van der Waals surface area (Å²) in [6, 6.07) is 17.7.